The van der Waals surface area contributed by atoms with Gasteiger partial charge in [-0.2, -0.15) is 0 Å². The molecule has 21 heavy (non-hydrogen) atoms. The maximum atomic E-state index is 6.47. The Morgan fingerprint density at radius 3 is 2.76 bits per heavy atom. The zero-order valence-electron chi connectivity index (χ0n) is 12.6. The summed E-state index contributed by atoms with van der Waals surface area (Å²) >= 11 is 0. The van der Waals surface area contributed by atoms with Crippen molar-refractivity contribution in [2.24, 2.45) is 17.6 Å². The van der Waals surface area contributed by atoms with E-state index in [4.69, 9.17) is 19.9 Å². The molecule has 2 N–H and O–H groups in total. The summed E-state index contributed by atoms with van der Waals surface area (Å²) in [5.41, 5.74) is 7.49. The van der Waals surface area contributed by atoms with Crippen molar-refractivity contribution in [3.05, 3.63) is 35.9 Å². The largest absolute Gasteiger partial charge is 0.376 e. The Bertz CT molecular complexity index is 532. The van der Waals surface area contributed by atoms with Gasteiger partial charge in [-0.25, -0.2) is 0 Å². The molecule has 0 bridgehead atoms. The lowest BCUT2D eigenvalue weighted by molar-refractivity contribution is -0.160. The molecule has 0 amide bonds. The fourth-order valence-corrected chi connectivity index (χ4v) is 4.04. The zero-order chi connectivity index (χ0) is 14.7. The van der Waals surface area contributed by atoms with Gasteiger partial charge < -0.3 is 19.9 Å². The predicted molar refractivity (Wildman–Crippen MR) is 78.4 cm³/mol. The van der Waals surface area contributed by atoms with E-state index >= 15 is 0 Å². The highest BCUT2D eigenvalue weighted by molar-refractivity contribution is 5.26. The molecule has 114 valence electrons. The lowest BCUT2D eigenvalue weighted by Gasteiger charge is -2.22. The lowest BCUT2D eigenvalue weighted by atomic mass is 10.0. The second-order valence-electron chi connectivity index (χ2n) is 7.11. The molecule has 2 aliphatic carbocycles. The Balaban J connectivity index is 1.40. The standard InChI is InChI=1S/C17H23NO3/c1-16(2)20-14-12(13-8-17(13,18)15(14)21-16)10-19-9-11-6-4-3-5-7-11/h3-7,12-15H,8-10,18H2,1-2H3. The highest BCUT2D eigenvalue weighted by Gasteiger charge is 2.73. The summed E-state index contributed by atoms with van der Waals surface area (Å²) < 4.78 is 18.0. The van der Waals surface area contributed by atoms with Gasteiger partial charge in [-0.05, 0) is 31.7 Å². The van der Waals surface area contributed by atoms with Gasteiger partial charge >= 0.3 is 0 Å². The van der Waals surface area contributed by atoms with Crippen LogP contribution in [0.5, 0.6) is 0 Å². The average molecular weight is 289 g/mol. The maximum absolute atomic E-state index is 6.47. The van der Waals surface area contributed by atoms with E-state index < -0.39 is 5.79 Å². The molecule has 5 atom stereocenters. The lowest BCUT2D eigenvalue weighted by Crippen LogP contribution is -2.41. The number of ether oxygens (including phenoxy) is 3. The van der Waals surface area contributed by atoms with Crippen molar-refractivity contribution in [2.75, 3.05) is 6.61 Å². The quantitative estimate of drug-likeness (QED) is 0.922. The molecule has 0 spiro atoms. The average Bonchev–Trinajstić information content (AvgIpc) is 2.94. The van der Waals surface area contributed by atoms with Crippen LogP contribution in [-0.4, -0.2) is 30.1 Å². The summed E-state index contributed by atoms with van der Waals surface area (Å²) in [6.07, 6.45) is 1.15. The smallest absolute Gasteiger partial charge is 0.163 e. The molecule has 0 radical (unpaired) electrons. The van der Waals surface area contributed by atoms with Gasteiger partial charge in [-0.3, -0.25) is 0 Å². The van der Waals surface area contributed by atoms with Gasteiger partial charge in [0.25, 0.3) is 0 Å². The van der Waals surface area contributed by atoms with Crippen molar-refractivity contribution in [3.8, 4) is 0 Å². The fraction of sp³-hybridized carbons (Fsp3) is 0.647. The SMILES string of the molecule is CC1(C)OC2C(COCc3ccccc3)C3CC3(N)C2O1. The molecule has 5 unspecified atom stereocenters. The molecule has 4 rings (SSSR count). The van der Waals surface area contributed by atoms with E-state index in [-0.39, 0.29) is 17.7 Å². The van der Waals surface area contributed by atoms with E-state index in [1.807, 2.05) is 32.0 Å². The molecule has 3 fully saturated rings. The third kappa shape index (κ3) is 2.21. The van der Waals surface area contributed by atoms with Crippen LogP contribution in [0.1, 0.15) is 25.8 Å². The number of nitrogens with two attached hydrogens (primary N) is 1. The van der Waals surface area contributed by atoms with Crippen LogP contribution in [-0.2, 0) is 20.8 Å². The molecule has 1 aliphatic heterocycles. The number of rotatable bonds is 4. The van der Waals surface area contributed by atoms with E-state index in [2.05, 4.69) is 12.1 Å². The Morgan fingerprint density at radius 2 is 2.00 bits per heavy atom. The molecule has 1 aromatic rings. The van der Waals surface area contributed by atoms with E-state index in [0.717, 1.165) is 6.42 Å². The Kier molecular flexibility index (Phi) is 2.95. The second kappa shape index (κ2) is 4.53. The van der Waals surface area contributed by atoms with Crippen LogP contribution in [0.4, 0.5) is 0 Å². The Hall–Kier alpha value is -0.940. The van der Waals surface area contributed by atoms with E-state index in [9.17, 15) is 0 Å². The van der Waals surface area contributed by atoms with Crippen molar-refractivity contribution in [2.45, 2.75) is 50.4 Å². The first-order valence-electron chi connectivity index (χ1n) is 7.76. The van der Waals surface area contributed by atoms with Crippen LogP contribution in [0, 0.1) is 11.8 Å². The van der Waals surface area contributed by atoms with Crippen molar-refractivity contribution >= 4 is 0 Å². The first kappa shape index (κ1) is 13.7. The number of benzene rings is 1. The molecule has 1 heterocycles. The molecule has 1 saturated heterocycles. The molecular weight excluding hydrogens is 266 g/mol. The summed E-state index contributed by atoms with van der Waals surface area (Å²) in [4.78, 5) is 0. The van der Waals surface area contributed by atoms with Crippen LogP contribution in [0.3, 0.4) is 0 Å². The number of hydrogen-bond acceptors (Lipinski definition) is 4. The monoisotopic (exact) mass is 289 g/mol. The predicted octanol–water partition coefficient (Wildman–Crippen LogP) is 2.07. The van der Waals surface area contributed by atoms with E-state index in [0.29, 0.717) is 25.0 Å². The Labute approximate surface area is 125 Å². The van der Waals surface area contributed by atoms with Gasteiger partial charge in [0.05, 0.1) is 19.3 Å². The minimum atomic E-state index is -0.521. The molecule has 4 nitrogen and oxygen atoms in total. The summed E-state index contributed by atoms with van der Waals surface area (Å²) in [5, 5.41) is 0. The Morgan fingerprint density at radius 1 is 1.24 bits per heavy atom. The zero-order valence-corrected chi connectivity index (χ0v) is 12.6. The molecule has 3 aliphatic rings. The van der Waals surface area contributed by atoms with Crippen molar-refractivity contribution in [1.82, 2.24) is 0 Å². The second-order valence-corrected chi connectivity index (χ2v) is 7.11. The van der Waals surface area contributed by atoms with Crippen LogP contribution in [0.25, 0.3) is 0 Å². The minimum Gasteiger partial charge on any atom is -0.376 e. The summed E-state index contributed by atoms with van der Waals surface area (Å²) in [5.74, 6) is 0.317. The first-order chi connectivity index (χ1) is 10.00. The van der Waals surface area contributed by atoms with Gasteiger partial charge in [0.2, 0.25) is 0 Å². The number of fused-ring (bicyclic) bond motifs is 3. The minimum absolute atomic E-state index is 0.0304. The third-order valence-corrected chi connectivity index (χ3v) is 5.12. The van der Waals surface area contributed by atoms with Crippen molar-refractivity contribution in [3.63, 3.8) is 0 Å². The van der Waals surface area contributed by atoms with Crippen LogP contribution in [0.2, 0.25) is 0 Å². The van der Waals surface area contributed by atoms with E-state index in [1.54, 1.807) is 0 Å². The third-order valence-electron chi connectivity index (χ3n) is 5.12. The summed E-state index contributed by atoms with van der Waals surface area (Å²) in [6, 6.07) is 10.3. The molecular formula is C17H23NO3. The summed E-state index contributed by atoms with van der Waals surface area (Å²) in [6.45, 7) is 5.27. The van der Waals surface area contributed by atoms with Crippen LogP contribution < -0.4 is 5.73 Å². The van der Waals surface area contributed by atoms with Gasteiger partial charge in [0.15, 0.2) is 5.79 Å². The highest BCUT2D eigenvalue weighted by atomic mass is 16.8. The maximum Gasteiger partial charge on any atom is 0.163 e. The van der Waals surface area contributed by atoms with Gasteiger partial charge in [-0.1, -0.05) is 30.3 Å². The molecule has 4 heteroatoms. The summed E-state index contributed by atoms with van der Waals surface area (Å²) in [7, 11) is 0. The van der Waals surface area contributed by atoms with Gasteiger partial charge in [0, 0.05) is 11.5 Å². The normalized spacial score (nSPS) is 42.6. The molecule has 1 aromatic carbocycles. The van der Waals surface area contributed by atoms with E-state index in [1.165, 1.54) is 5.56 Å². The molecule has 2 saturated carbocycles. The molecule has 0 aromatic heterocycles. The van der Waals surface area contributed by atoms with Crippen LogP contribution >= 0.6 is 0 Å². The van der Waals surface area contributed by atoms with Crippen LogP contribution in [0.15, 0.2) is 30.3 Å². The number of hydrogen-bond donors (Lipinski definition) is 1. The van der Waals surface area contributed by atoms with Gasteiger partial charge in [-0.15, -0.1) is 0 Å². The highest BCUT2D eigenvalue weighted by Crippen LogP contribution is 2.62. The van der Waals surface area contributed by atoms with Crippen molar-refractivity contribution < 1.29 is 14.2 Å². The van der Waals surface area contributed by atoms with Crippen molar-refractivity contribution in [1.29, 1.82) is 0 Å². The first-order valence-corrected chi connectivity index (χ1v) is 7.76. The topological polar surface area (TPSA) is 53.7 Å². The fourth-order valence-electron chi connectivity index (χ4n) is 4.04. The van der Waals surface area contributed by atoms with Gasteiger partial charge in [0.1, 0.15) is 6.10 Å².